The van der Waals surface area contributed by atoms with Gasteiger partial charge in [-0.2, -0.15) is 0 Å². The summed E-state index contributed by atoms with van der Waals surface area (Å²) in [5.41, 5.74) is 1.23. The van der Waals surface area contributed by atoms with E-state index in [1.54, 1.807) is 6.20 Å². The Labute approximate surface area is 89.9 Å². The van der Waals surface area contributed by atoms with Crippen molar-refractivity contribution in [3.8, 4) is 11.3 Å². The van der Waals surface area contributed by atoms with E-state index in [1.807, 2.05) is 0 Å². The van der Waals surface area contributed by atoms with Crippen molar-refractivity contribution in [3.63, 3.8) is 0 Å². The Morgan fingerprint density at radius 3 is 2.87 bits per heavy atom. The third-order valence-electron chi connectivity index (χ3n) is 1.95. The first-order valence-electron chi connectivity index (χ1n) is 4.11. The predicted octanol–water partition coefficient (Wildman–Crippen LogP) is 2.64. The number of imidazole rings is 1. The summed E-state index contributed by atoms with van der Waals surface area (Å²) < 4.78 is 0. The van der Waals surface area contributed by atoms with Gasteiger partial charge in [-0.05, 0) is 6.07 Å². The van der Waals surface area contributed by atoms with Crippen LogP contribution in [-0.4, -0.2) is 14.9 Å². The van der Waals surface area contributed by atoms with E-state index in [0.29, 0.717) is 16.3 Å². The van der Waals surface area contributed by atoms with Crippen LogP contribution in [0.3, 0.4) is 0 Å². The molecular weight excluding hydrogens is 218 g/mol. The van der Waals surface area contributed by atoms with Crippen molar-refractivity contribution in [2.24, 2.45) is 0 Å². The highest BCUT2D eigenvalue weighted by molar-refractivity contribution is 6.33. The lowest BCUT2D eigenvalue weighted by Gasteiger charge is -2.00. The van der Waals surface area contributed by atoms with E-state index in [-0.39, 0.29) is 5.69 Å². The second-order valence-electron chi connectivity index (χ2n) is 2.89. The Hall–Kier alpha value is -1.88. The van der Waals surface area contributed by atoms with E-state index in [1.165, 1.54) is 24.5 Å². The monoisotopic (exact) mass is 223 g/mol. The number of nitro groups is 1. The van der Waals surface area contributed by atoms with E-state index in [2.05, 4.69) is 9.97 Å². The molecule has 0 fully saturated rings. The van der Waals surface area contributed by atoms with E-state index < -0.39 is 4.92 Å². The molecule has 0 amide bonds. The van der Waals surface area contributed by atoms with Crippen LogP contribution in [0.1, 0.15) is 0 Å². The smallest absolute Gasteiger partial charge is 0.270 e. The Morgan fingerprint density at radius 2 is 2.27 bits per heavy atom. The van der Waals surface area contributed by atoms with Gasteiger partial charge in [0.05, 0.1) is 28.2 Å². The Morgan fingerprint density at radius 1 is 1.47 bits per heavy atom. The van der Waals surface area contributed by atoms with Gasteiger partial charge in [-0.15, -0.1) is 0 Å². The number of rotatable bonds is 2. The number of hydrogen-bond donors (Lipinski definition) is 1. The van der Waals surface area contributed by atoms with Crippen molar-refractivity contribution in [1.29, 1.82) is 0 Å². The summed E-state index contributed by atoms with van der Waals surface area (Å²) in [4.78, 5) is 16.8. The molecule has 0 atom stereocenters. The summed E-state index contributed by atoms with van der Waals surface area (Å²) in [5.74, 6) is 0. The molecule has 15 heavy (non-hydrogen) atoms. The number of non-ortho nitro benzene ring substituents is 1. The number of benzene rings is 1. The van der Waals surface area contributed by atoms with Gasteiger partial charge in [0.1, 0.15) is 0 Å². The maximum Gasteiger partial charge on any atom is 0.270 e. The van der Waals surface area contributed by atoms with Crippen molar-refractivity contribution >= 4 is 17.3 Å². The van der Waals surface area contributed by atoms with Crippen molar-refractivity contribution in [1.82, 2.24) is 9.97 Å². The molecule has 0 radical (unpaired) electrons. The van der Waals surface area contributed by atoms with Crippen molar-refractivity contribution in [3.05, 3.63) is 45.9 Å². The highest BCUT2D eigenvalue weighted by Crippen LogP contribution is 2.29. The molecule has 0 spiro atoms. The molecule has 1 N–H and O–H groups in total. The quantitative estimate of drug-likeness (QED) is 0.628. The van der Waals surface area contributed by atoms with Gasteiger partial charge in [-0.1, -0.05) is 11.6 Å². The van der Waals surface area contributed by atoms with Gasteiger partial charge >= 0.3 is 0 Å². The van der Waals surface area contributed by atoms with Crippen LogP contribution in [0.5, 0.6) is 0 Å². The van der Waals surface area contributed by atoms with Crippen LogP contribution in [0.25, 0.3) is 11.3 Å². The number of nitro benzene ring substituents is 1. The summed E-state index contributed by atoms with van der Waals surface area (Å²) in [6.45, 7) is 0. The van der Waals surface area contributed by atoms with Crippen LogP contribution in [0, 0.1) is 10.1 Å². The van der Waals surface area contributed by atoms with Crippen LogP contribution >= 0.6 is 11.6 Å². The van der Waals surface area contributed by atoms with Gasteiger partial charge in [0.25, 0.3) is 5.69 Å². The fraction of sp³-hybridized carbons (Fsp3) is 0. The fourth-order valence-electron chi connectivity index (χ4n) is 1.24. The molecule has 1 aromatic carbocycles. The number of halogens is 1. The third-order valence-corrected chi connectivity index (χ3v) is 2.28. The maximum absolute atomic E-state index is 10.6. The summed E-state index contributed by atoms with van der Waals surface area (Å²) in [5, 5.41) is 11.0. The average Bonchev–Trinajstić information content (AvgIpc) is 2.71. The molecule has 0 bridgehead atoms. The molecular formula is C9H6ClN3O2. The molecule has 1 aromatic heterocycles. The number of hydrogen-bond acceptors (Lipinski definition) is 3. The normalized spacial score (nSPS) is 10.2. The molecule has 0 aliphatic rings. The molecule has 2 aromatic rings. The van der Waals surface area contributed by atoms with E-state index in [9.17, 15) is 10.1 Å². The molecule has 0 aliphatic heterocycles. The molecule has 0 unspecified atom stereocenters. The number of nitrogens with zero attached hydrogens (tertiary/aromatic N) is 2. The second-order valence-corrected chi connectivity index (χ2v) is 3.29. The topological polar surface area (TPSA) is 71.8 Å². The molecule has 6 heteroatoms. The first-order chi connectivity index (χ1) is 7.18. The molecule has 76 valence electrons. The van der Waals surface area contributed by atoms with Gasteiger partial charge in [0.2, 0.25) is 0 Å². The van der Waals surface area contributed by atoms with E-state index in [4.69, 9.17) is 11.6 Å². The average molecular weight is 224 g/mol. The molecule has 0 aliphatic carbocycles. The van der Waals surface area contributed by atoms with E-state index in [0.717, 1.165) is 0 Å². The van der Waals surface area contributed by atoms with Crippen LogP contribution in [0.15, 0.2) is 30.7 Å². The minimum Gasteiger partial charge on any atom is -0.345 e. The van der Waals surface area contributed by atoms with Gasteiger partial charge in [-0.3, -0.25) is 10.1 Å². The largest absolute Gasteiger partial charge is 0.345 e. The lowest BCUT2D eigenvalue weighted by molar-refractivity contribution is -0.384. The summed E-state index contributed by atoms with van der Waals surface area (Å²) in [6.07, 6.45) is 3.05. The highest BCUT2D eigenvalue weighted by atomic mass is 35.5. The number of aromatic amines is 1. The minimum absolute atomic E-state index is 0.00370. The lowest BCUT2D eigenvalue weighted by Crippen LogP contribution is -1.89. The van der Waals surface area contributed by atoms with Gasteiger partial charge in [0, 0.05) is 17.7 Å². The first kappa shape index (κ1) is 9.67. The Balaban J connectivity index is 2.55. The number of H-pyrrole nitrogens is 1. The van der Waals surface area contributed by atoms with Crippen LogP contribution in [0.4, 0.5) is 5.69 Å². The SMILES string of the molecule is O=[N+]([O-])c1ccc(Cl)c(-c2cnc[nH]2)c1. The van der Waals surface area contributed by atoms with Crippen LogP contribution < -0.4 is 0 Å². The molecule has 5 nitrogen and oxygen atoms in total. The molecule has 1 heterocycles. The summed E-state index contributed by atoms with van der Waals surface area (Å²) in [6, 6.07) is 4.27. The Bertz CT molecular complexity index is 496. The van der Waals surface area contributed by atoms with Crippen molar-refractivity contribution in [2.45, 2.75) is 0 Å². The minimum atomic E-state index is -0.462. The number of aromatic nitrogens is 2. The lowest BCUT2D eigenvalue weighted by atomic mass is 10.1. The van der Waals surface area contributed by atoms with Crippen molar-refractivity contribution in [2.75, 3.05) is 0 Å². The summed E-state index contributed by atoms with van der Waals surface area (Å²) >= 11 is 5.92. The second kappa shape index (κ2) is 3.70. The van der Waals surface area contributed by atoms with Gasteiger partial charge < -0.3 is 4.98 Å². The molecule has 0 saturated heterocycles. The third kappa shape index (κ3) is 1.82. The molecule has 0 saturated carbocycles. The zero-order chi connectivity index (χ0) is 10.8. The first-order valence-corrected chi connectivity index (χ1v) is 4.49. The van der Waals surface area contributed by atoms with Gasteiger partial charge in [0.15, 0.2) is 0 Å². The number of nitrogens with one attached hydrogen (secondary N) is 1. The Kier molecular flexibility index (Phi) is 2.39. The standard InChI is InChI=1S/C9H6ClN3O2/c10-8-2-1-6(13(14)15)3-7(8)9-4-11-5-12-9/h1-5H,(H,11,12). The zero-order valence-corrected chi connectivity index (χ0v) is 8.23. The highest BCUT2D eigenvalue weighted by Gasteiger charge is 2.11. The fourth-order valence-corrected chi connectivity index (χ4v) is 1.46. The maximum atomic E-state index is 10.6. The predicted molar refractivity (Wildman–Crippen MR) is 55.7 cm³/mol. The molecule has 2 rings (SSSR count). The zero-order valence-electron chi connectivity index (χ0n) is 7.48. The van der Waals surface area contributed by atoms with Crippen molar-refractivity contribution < 1.29 is 4.92 Å². The summed E-state index contributed by atoms with van der Waals surface area (Å²) in [7, 11) is 0. The van der Waals surface area contributed by atoms with Gasteiger partial charge in [-0.25, -0.2) is 4.98 Å². The van der Waals surface area contributed by atoms with Crippen LogP contribution in [-0.2, 0) is 0 Å². The van der Waals surface area contributed by atoms with Crippen LogP contribution in [0.2, 0.25) is 5.02 Å². The van der Waals surface area contributed by atoms with E-state index >= 15 is 0 Å².